The minimum atomic E-state index is -4.52. The number of ether oxygens (including phenoxy) is 2. The lowest BCUT2D eigenvalue weighted by atomic mass is 9.78. The van der Waals surface area contributed by atoms with Crippen LogP contribution in [0.5, 0.6) is 5.88 Å². The van der Waals surface area contributed by atoms with Crippen LogP contribution in [0.1, 0.15) is 24.0 Å². The number of morpholine rings is 1. The Labute approximate surface area is 125 Å². The third-order valence-electron chi connectivity index (χ3n) is 4.15. The zero-order valence-corrected chi connectivity index (χ0v) is 12.0. The Hall–Kier alpha value is -1.38. The van der Waals surface area contributed by atoms with Crippen molar-refractivity contribution in [3.8, 4) is 5.88 Å². The van der Waals surface area contributed by atoms with Gasteiger partial charge < -0.3 is 19.9 Å². The van der Waals surface area contributed by atoms with Gasteiger partial charge in [0.1, 0.15) is 0 Å². The summed E-state index contributed by atoms with van der Waals surface area (Å²) in [5.74, 6) is 0.0244. The highest BCUT2D eigenvalue weighted by Gasteiger charge is 2.45. The van der Waals surface area contributed by atoms with E-state index in [1.807, 2.05) is 0 Å². The third-order valence-corrected chi connectivity index (χ3v) is 4.15. The fourth-order valence-corrected chi connectivity index (χ4v) is 3.24. The fourth-order valence-electron chi connectivity index (χ4n) is 3.24. The molecule has 2 N–H and O–H groups in total. The van der Waals surface area contributed by atoms with E-state index in [0.717, 1.165) is 12.3 Å². The number of nitrogens with one attached hydrogen (secondary N) is 1. The summed E-state index contributed by atoms with van der Waals surface area (Å²) in [5, 5.41) is 14.3. The first-order valence-corrected chi connectivity index (χ1v) is 7.00. The Morgan fingerprint density at radius 1 is 1.36 bits per heavy atom. The van der Waals surface area contributed by atoms with E-state index >= 15 is 0 Å². The first-order chi connectivity index (χ1) is 10.3. The van der Waals surface area contributed by atoms with Gasteiger partial charge in [0.05, 0.1) is 31.5 Å². The highest BCUT2D eigenvalue weighted by atomic mass is 19.4. The van der Waals surface area contributed by atoms with Crippen LogP contribution in [0, 0.1) is 0 Å². The van der Waals surface area contributed by atoms with Crippen molar-refractivity contribution in [3.63, 3.8) is 0 Å². The lowest BCUT2D eigenvalue weighted by molar-refractivity contribution is -0.138. The normalized spacial score (nSPS) is 31.9. The van der Waals surface area contributed by atoms with E-state index in [4.69, 9.17) is 9.47 Å². The molecule has 2 aliphatic heterocycles. The number of pyridine rings is 1. The predicted octanol–water partition coefficient (Wildman–Crippen LogP) is 1.45. The molecule has 22 heavy (non-hydrogen) atoms. The molecule has 122 valence electrons. The van der Waals surface area contributed by atoms with Gasteiger partial charge in [0, 0.05) is 23.8 Å². The fraction of sp³-hybridized carbons (Fsp3) is 0.643. The molecule has 8 heteroatoms. The summed E-state index contributed by atoms with van der Waals surface area (Å²) in [6, 6.07) is 0.738. The maximum atomic E-state index is 12.9. The van der Waals surface area contributed by atoms with E-state index in [1.54, 1.807) is 0 Å². The van der Waals surface area contributed by atoms with Crippen LogP contribution < -0.4 is 10.1 Å². The Morgan fingerprint density at radius 3 is 2.55 bits per heavy atom. The Bertz CT molecular complexity index is 553. The van der Waals surface area contributed by atoms with Crippen molar-refractivity contribution in [2.24, 2.45) is 0 Å². The molecule has 2 bridgehead atoms. The van der Waals surface area contributed by atoms with Gasteiger partial charge in [-0.2, -0.15) is 13.2 Å². The van der Waals surface area contributed by atoms with Crippen molar-refractivity contribution in [1.29, 1.82) is 0 Å². The van der Waals surface area contributed by atoms with E-state index in [-0.39, 0.29) is 36.4 Å². The lowest BCUT2D eigenvalue weighted by Crippen LogP contribution is -2.58. The second kappa shape index (κ2) is 5.36. The van der Waals surface area contributed by atoms with Crippen molar-refractivity contribution in [2.75, 3.05) is 20.3 Å². The quantitative estimate of drug-likeness (QED) is 0.864. The van der Waals surface area contributed by atoms with E-state index in [9.17, 15) is 18.3 Å². The SMILES string of the molecule is COc1ncc(C(F)(F)F)cc1C1(O)CC2COCC(C1)N2. The molecule has 2 fully saturated rings. The molecule has 3 heterocycles. The van der Waals surface area contributed by atoms with Gasteiger partial charge in [-0.25, -0.2) is 4.98 Å². The minimum Gasteiger partial charge on any atom is -0.481 e. The molecule has 2 saturated heterocycles. The summed E-state index contributed by atoms with van der Waals surface area (Å²) < 4.78 is 49.3. The number of aromatic nitrogens is 1. The average Bonchev–Trinajstić information content (AvgIpc) is 2.45. The Morgan fingerprint density at radius 2 is 2.00 bits per heavy atom. The number of aliphatic hydroxyl groups is 1. The number of nitrogens with zero attached hydrogens (tertiary/aromatic N) is 1. The molecule has 2 atom stereocenters. The second-order valence-electron chi connectivity index (χ2n) is 5.82. The zero-order chi connectivity index (χ0) is 16.0. The van der Waals surface area contributed by atoms with E-state index < -0.39 is 17.3 Å². The molecule has 0 saturated carbocycles. The lowest BCUT2D eigenvalue weighted by Gasteiger charge is -2.45. The molecular weight excluding hydrogens is 301 g/mol. The number of fused-ring (bicyclic) bond motifs is 2. The summed E-state index contributed by atoms with van der Waals surface area (Å²) in [5.41, 5.74) is -2.22. The molecule has 1 aromatic rings. The highest BCUT2D eigenvalue weighted by Crippen LogP contribution is 2.42. The number of hydrogen-bond acceptors (Lipinski definition) is 5. The third kappa shape index (κ3) is 2.78. The van der Waals surface area contributed by atoms with E-state index in [2.05, 4.69) is 10.3 Å². The molecule has 5 nitrogen and oxygen atoms in total. The summed E-state index contributed by atoms with van der Waals surface area (Å²) in [7, 11) is 1.33. The smallest absolute Gasteiger partial charge is 0.417 e. The topological polar surface area (TPSA) is 63.6 Å². The molecule has 2 aliphatic rings. The molecule has 0 amide bonds. The standard InChI is InChI=1S/C14H17F3N2O3/c1-21-12-11(2-8(5-18-12)14(15,16)17)13(20)3-9-6-22-7-10(4-13)19-9/h2,5,9-10,19-20H,3-4,6-7H2,1H3. The highest BCUT2D eigenvalue weighted by molar-refractivity contribution is 5.37. The van der Waals surface area contributed by atoms with Gasteiger partial charge in [0.2, 0.25) is 5.88 Å². The van der Waals surface area contributed by atoms with Crippen LogP contribution in [0.4, 0.5) is 13.2 Å². The predicted molar refractivity (Wildman–Crippen MR) is 70.5 cm³/mol. The molecule has 0 aliphatic carbocycles. The minimum absolute atomic E-state index is 0.0244. The maximum Gasteiger partial charge on any atom is 0.417 e. The summed E-state index contributed by atoms with van der Waals surface area (Å²) in [4.78, 5) is 3.72. The molecule has 3 rings (SSSR count). The van der Waals surface area contributed by atoms with Gasteiger partial charge in [-0.15, -0.1) is 0 Å². The first kappa shape index (κ1) is 15.5. The van der Waals surface area contributed by atoms with Crippen LogP contribution in [0.3, 0.4) is 0 Å². The number of hydrogen-bond donors (Lipinski definition) is 2. The van der Waals surface area contributed by atoms with Crippen LogP contribution in [-0.2, 0) is 16.5 Å². The molecule has 2 unspecified atom stereocenters. The Kier molecular flexibility index (Phi) is 3.78. The van der Waals surface area contributed by atoms with E-state index in [1.165, 1.54) is 7.11 Å². The van der Waals surface area contributed by atoms with Crippen molar-refractivity contribution in [2.45, 2.75) is 36.7 Å². The number of piperidine rings is 1. The second-order valence-corrected chi connectivity index (χ2v) is 5.82. The van der Waals surface area contributed by atoms with Crippen molar-refractivity contribution >= 4 is 0 Å². The van der Waals surface area contributed by atoms with Crippen LogP contribution in [0.25, 0.3) is 0 Å². The monoisotopic (exact) mass is 318 g/mol. The van der Waals surface area contributed by atoms with Gasteiger partial charge in [-0.3, -0.25) is 0 Å². The van der Waals surface area contributed by atoms with Crippen LogP contribution >= 0.6 is 0 Å². The zero-order valence-electron chi connectivity index (χ0n) is 12.0. The van der Waals surface area contributed by atoms with Gasteiger partial charge in [-0.05, 0) is 18.9 Å². The Balaban J connectivity index is 2.01. The molecule has 0 aromatic carbocycles. The summed E-state index contributed by atoms with van der Waals surface area (Å²) >= 11 is 0. The molecule has 0 radical (unpaired) electrons. The van der Waals surface area contributed by atoms with Crippen LogP contribution in [0.15, 0.2) is 12.3 Å². The van der Waals surface area contributed by atoms with Gasteiger partial charge in [0.25, 0.3) is 0 Å². The largest absolute Gasteiger partial charge is 0.481 e. The first-order valence-electron chi connectivity index (χ1n) is 7.00. The summed E-state index contributed by atoms with van der Waals surface area (Å²) in [6.45, 7) is 0.848. The average molecular weight is 318 g/mol. The number of halogens is 3. The molecule has 1 aromatic heterocycles. The van der Waals surface area contributed by atoms with Crippen molar-refractivity contribution in [1.82, 2.24) is 10.3 Å². The van der Waals surface area contributed by atoms with Crippen molar-refractivity contribution in [3.05, 3.63) is 23.4 Å². The molecular formula is C14H17F3N2O3. The van der Waals surface area contributed by atoms with Crippen LogP contribution in [0.2, 0.25) is 0 Å². The van der Waals surface area contributed by atoms with E-state index in [0.29, 0.717) is 13.2 Å². The number of methoxy groups -OCH3 is 1. The summed E-state index contributed by atoms with van der Waals surface area (Å²) in [6.07, 6.45) is -3.29. The van der Waals surface area contributed by atoms with Gasteiger partial charge in [-0.1, -0.05) is 0 Å². The number of alkyl halides is 3. The molecule has 0 spiro atoms. The number of rotatable bonds is 2. The van der Waals surface area contributed by atoms with Crippen LogP contribution in [-0.4, -0.2) is 42.5 Å². The van der Waals surface area contributed by atoms with Gasteiger partial charge >= 0.3 is 6.18 Å². The maximum absolute atomic E-state index is 12.9. The van der Waals surface area contributed by atoms with Crippen molar-refractivity contribution < 1.29 is 27.8 Å². The van der Waals surface area contributed by atoms with Gasteiger partial charge in [0.15, 0.2) is 0 Å².